The minimum Gasteiger partial charge on any atom is -0.349 e. The number of hydrogen-bond acceptors (Lipinski definition) is 1. The van der Waals surface area contributed by atoms with Crippen LogP contribution in [0.2, 0.25) is 0 Å². The van der Waals surface area contributed by atoms with Crippen LogP contribution in [0.4, 0.5) is 0 Å². The predicted molar refractivity (Wildman–Crippen MR) is 65.0 cm³/mol. The summed E-state index contributed by atoms with van der Waals surface area (Å²) in [6.07, 6.45) is 8.63. The Morgan fingerprint density at radius 2 is 2.07 bits per heavy atom. The Bertz CT molecular complexity index is 325. The first-order valence-corrected chi connectivity index (χ1v) is 6.66. The molecular formula is C12H17BrN2. The smallest absolute Gasteiger partial charge is 0.0460 e. The van der Waals surface area contributed by atoms with Gasteiger partial charge in [-0.3, -0.25) is 0 Å². The van der Waals surface area contributed by atoms with Crippen molar-refractivity contribution in [3.8, 4) is 0 Å². The third-order valence-electron chi connectivity index (χ3n) is 3.88. The Labute approximate surface area is 99.4 Å². The molecule has 0 aliphatic carbocycles. The Hall–Kier alpha value is -0.280. The van der Waals surface area contributed by atoms with E-state index in [4.69, 9.17) is 0 Å². The molecule has 0 spiro atoms. The summed E-state index contributed by atoms with van der Waals surface area (Å²) in [6.45, 7) is 3.89. The first-order chi connectivity index (χ1) is 7.31. The molecule has 1 atom stereocenters. The third kappa shape index (κ3) is 2.00. The maximum atomic E-state index is 3.53. The highest BCUT2D eigenvalue weighted by atomic mass is 79.9. The molecule has 82 valence electrons. The molecule has 0 N–H and O–H groups in total. The molecule has 3 heteroatoms. The molecular weight excluding hydrogens is 252 g/mol. The lowest BCUT2D eigenvalue weighted by Crippen LogP contribution is -2.32. The number of rotatable bonds is 1. The van der Waals surface area contributed by atoms with Crippen LogP contribution in [0.25, 0.3) is 0 Å². The van der Waals surface area contributed by atoms with E-state index in [2.05, 4.69) is 43.9 Å². The van der Waals surface area contributed by atoms with Crippen molar-refractivity contribution in [2.75, 3.05) is 19.6 Å². The Balaban J connectivity index is 1.82. The molecule has 0 saturated carbocycles. The van der Waals surface area contributed by atoms with Gasteiger partial charge in [-0.2, -0.15) is 0 Å². The fourth-order valence-corrected chi connectivity index (χ4v) is 3.35. The van der Waals surface area contributed by atoms with Gasteiger partial charge >= 0.3 is 0 Å². The second kappa shape index (κ2) is 3.95. The summed E-state index contributed by atoms with van der Waals surface area (Å²) in [4.78, 5) is 2.63. The van der Waals surface area contributed by atoms with Gasteiger partial charge in [0.05, 0.1) is 0 Å². The van der Waals surface area contributed by atoms with Gasteiger partial charge in [-0.15, -0.1) is 0 Å². The van der Waals surface area contributed by atoms with Crippen molar-refractivity contribution in [3.63, 3.8) is 0 Å². The molecule has 4 heterocycles. The fraction of sp³-hybridized carbons (Fsp3) is 0.667. The molecule has 3 fully saturated rings. The molecule has 3 saturated heterocycles. The van der Waals surface area contributed by atoms with Gasteiger partial charge < -0.3 is 9.47 Å². The highest BCUT2D eigenvalue weighted by Gasteiger charge is 2.29. The van der Waals surface area contributed by atoms with Crippen LogP contribution >= 0.6 is 15.9 Å². The zero-order valence-electron chi connectivity index (χ0n) is 8.90. The SMILES string of the molecule is Brc1ccn(C2CC3CCN(CC3)C2)c1. The van der Waals surface area contributed by atoms with Crippen LogP contribution in [0.3, 0.4) is 0 Å². The maximum absolute atomic E-state index is 3.53. The van der Waals surface area contributed by atoms with E-state index in [0.717, 1.165) is 5.92 Å². The molecule has 3 aliphatic heterocycles. The summed E-state index contributed by atoms with van der Waals surface area (Å²) in [7, 11) is 0. The number of fused-ring (bicyclic) bond motifs is 4. The summed E-state index contributed by atoms with van der Waals surface area (Å²) >= 11 is 3.53. The first kappa shape index (κ1) is 9.91. The summed E-state index contributed by atoms with van der Waals surface area (Å²) in [6, 6.07) is 2.84. The molecule has 15 heavy (non-hydrogen) atoms. The predicted octanol–water partition coefficient (Wildman–Crippen LogP) is 2.91. The standard InChI is InChI=1S/C12H17BrN2/c13-11-3-6-15(8-11)12-7-10-1-4-14(9-12)5-2-10/h3,6,8,10,12H,1-2,4-5,7,9H2. The van der Waals surface area contributed by atoms with Gasteiger partial charge in [-0.1, -0.05) is 0 Å². The minimum absolute atomic E-state index is 0.700. The Morgan fingerprint density at radius 3 is 2.73 bits per heavy atom. The van der Waals surface area contributed by atoms with Crippen LogP contribution in [0.15, 0.2) is 22.9 Å². The highest BCUT2D eigenvalue weighted by Crippen LogP contribution is 2.33. The van der Waals surface area contributed by atoms with Crippen molar-refractivity contribution in [1.82, 2.24) is 9.47 Å². The molecule has 0 radical (unpaired) electrons. The first-order valence-electron chi connectivity index (χ1n) is 5.86. The highest BCUT2D eigenvalue weighted by molar-refractivity contribution is 9.10. The van der Waals surface area contributed by atoms with Crippen molar-refractivity contribution in [3.05, 3.63) is 22.9 Å². The number of hydrogen-bond donors (Lipinski definition) is 0. The topological polar surface area (TPSA) is 8.17 Å². The second-order valence-electron chi connectivity index (χ2n) is 4.91. The van der Waals surface area contributed by atoms with Gasteiger partial charge in [0, 0.05) is 29.5 Å². The Morgan fingerprint density at radius 1 is 1.27 bits per heavy atom. The lowest BCUT2D eigenvalue weighted by atomic mass is 9.94. The molecule has 0 amide bonds. The number of nitrogens with zero attached hydrogens (tertiary/aromatic N) is 2. The lowest BCUT2D eigenvalue weighted by molar-refractivity contribution is 0.219. The summed E-state index contributed by atoms with van der Waals surface area (Å²) in [5.41, 5.74) is 0. The van der Waals surface area contributed by atoms with Crippen molar-refractivity contribution in [2.24, 2.45) is 5.92 Å². The number of aromatic nitrogens is 1. The van der Waals surface area contributed by atoms with Gasteiger partial charge in [-0.25, -0.2) is 0 Å². The van der Waals surface area contributed by atoms with Gasteiger partial charge in [0.1, 0.15) is 0 Å². The van der Waals surface area contributed by atoms with Gasteiger partial charge in [0.15, 0.2) is 0 Å². The zero-order valence-corrected chi connectivity index (χ0v) is 10.5. The largest absolute Gasteiger partial charge is 0.349 e. The quantitative estimate of drug-likeness (QED) is 0.761. The molecule has 2 bridgehead atoms. The van der Waals surface area contributed by atoms with Gasteiger partial charge in [0.2, 0.25) is 0 Å². The van der Waals surface area contributed by atoms with Gasteiger partial charge in [-0.05, 0) is 60.3 Å². The van der Waals surface area contributed by atoms with Crippen LogP contribution in [-0.2, 0) is 0 Å². The van der Waals surface area contributed by atoms with E-state index in [0.29, 0.717) is 6.04 Å². The van der Waals surface area contributed by atoms with Crippen molar-refractivity contribution in [2.45, 2.75) is 25.3 Å². The average Bonchev–Trinajstić information content (AvgIpc) is 2.50. The number of piperidine rings is 1. The molecule has 3 aliphatic rings. The molecule has 1 unspecified atom stereocenters. The molecule has 1 aromatic heterocycles. The third-order valence-corrected chi connectivity index (χ3v) is 4.35. The molecule has 4 rings (SSSR count). The normalized spacial score (nSPS) is 35.4. The van der Waals surface area contributed by atoms with E-state index >= 15 is 0 Å². The zero-order chi connectivity index (χ0) is 10.3. The van der Waals surface area contributed by atoms with Crippen LogP contribution in [0, 0.1) is 5.92 Å². The monoisotopic (exact) mass is 268 g/mol. The van der Waals surface area contributed by atoms with E-state index in [1.54, 1.807) is 0 Å². The van der Waals surface area contributed by atoms with Crippen LogP contribution < -0.4 is 0 Å². The van der Waals surface area contributed by atoms with Crippen molar-refractivity contribution in [1.29, 1.82) is 0 Å². The Kier molecular flexibility index (Phi) is 2.61. The van der Waals surface area contributed by atoms with E-state index in [1.807, 2.05) is 0 Å². The van der Waals surface area contributed by atoms with E-state index in [1.165, 1.54) is 43.4 Å². The number of halogens is 1. The van der Waals surface area contributed by atoms with Gasteiger partial charge in [0.25, 0.3) is 0 Å². The second-order valence-corrected chi connectivity index (χ2v) is 5.83. The summed E-state index contributed by atoms with van der Waals surface area (Å²) in [5, 5.41) is 0. The lowest BCUT2D eigenvalue weighted by Gasteiger charge is -2.26. The summed E-state index contributed by atoms with van der Waals surface area (Å²) < 4.78 is 3.59. The van der Waals surface area contributed by atoms with Crippen LogP contribution in [-0.4, -0.2) is 29.1 Å². The van der Waals surface area contributed by atoms with E-state index < -0.39 is 0 Å². The average molecular weight is 269 g/mol. The van der Waals surface area contributed by atoms with E-state index in [9.17, 15) is 0 Å². The molecule has 0 aromatic carbocycles. The van der Waals surface area contributed by atoms with Crippen LogP contribution in [0.1, 0.15) is 25.3 Å². The maximum Gasteiger partial charge on any atom is 0.0460 e. The van der Waals surface area contributed by atoms with E-state index in [-0.39, 0.29) is 0 Å². The fourth-order valence-electron chi connectivity index (χ4n) is 2.99. The summed E-state index contributed by atoms with van der Waals surface area (Å²) in [5.74, 6) is 0.968. The van der Waals surface area contributed by atoms with Crippen LogP contribution in [0.5, 0.6) is 0 Å². The molecule has 1 aromatic rings. The minimum atomic E-state index is 0.700. The van der Waals surface area contributed by atoms with Crippen molar-refractivity contribution >= 4 is 15.9 Å². The van der Waals surface area contributed by atoms with Crippen molar-refractivity contribution < 1.29 is 0 Å². The molecule has 2 nitrogen and oxygen atoms in total.